The standard InChI is InChI=1S/C13H17NO2.C9H8O3/c1-5-6-11(14-2)10-7-8-12(15-3)13(9-10)16-4;1-6(10)7-2-3-8-9(4-7)12-5-11-8/h5-9H,1-4H3;2-4H,5H2,1H3/b6-5-,14-11?;. The average Bonchev–Trinajstić information content (AvgIpc) is 3.19. The van der Waals surface area contributed by atoms with Crippen molar-refractivity contribution in [2.45, 2.75) is 13.8 Å². The van der Waals surface area contributed by atoms with Crippen LogP contribution in [-0.4, -0.2) is 39.6 Å². The highest BCUT2D eigenvalue weighted by atomic mass is 16.7. The van der Waals surface area contributed by atoms with Crippen molar-refractivity contribution in [3.63, 3.8) is 0 Å². The summed E-state index contributed by atoms with van der Waals surface area (Å²) in [5, 5.41) is 0. The third-order valence-electron chi connectivity index (χ3n) is 4.02. The first-order chi connectivity index (χ1) is 13.5. The number of aliphatic imine (C=N–C) groups is 1. The largest absolute Gasteiger partial charge is 0.493 e. The molecule has 2 aromatic rings. The maximum atomic E-state index is 10.9. The maximum absolute atomic E-state index is 10.9. The first-order valence-electron chi connectivity index (χ1n) is 8.76. The van der Waals surface area contributed by atoms with Crippen LogP contribution >= 0.6 is 0 Å². The van der Waals surface area contributed by atoms with Gasteiger partial charge in [0, 0.05) is 18.2 Å². The number of hydrogen-bond donors (Lipinski definition) is 0. The predicted octanol–water partition coefficient (Wildman–Crippen LogP) is 4.32. The van der Waals surface area contributed by atoms with Gasteiger partial charge >= 0.3 is 0 Å². The number of nitrogens with zero attached hydrogens (tertiary/aromatic N) is 1. The zero-order valence-electron chi connectivity index (χ0n) is 16.8. The monoisotopic (exact) mass is 383 g/mol. The van der Waals surface area contributed by atoms with Gasteiger partial charge in [-0.2, -0.15) is 0 Å². The van der Waals surface area contributed by atoms with E-state index in [1.54, 1.807) is 39.5 Å². The van der Waals surface area contributed by atoms with E-state index in [2.05, 4.69) is 4.99 Å². The molecule has 0 spiro atoms. The summed E-state index contributed by atoms with van der Waals surface area (Å²) in [6.45, 7) is 3.74. The van der Waals surface area contributed by atoms with E-state index in [0.29, 0.717) is 22.8 Å². The van der Waals surface area contributed by atoms with Crippen molar-refractivity contribution in [3.8, 4) is 23.0 Å². The molecule has 0 unspecified atom stereocenters. The Labute approximate surface area is 165 Å². The Balaban J connectivity index is 0.000000207. The molecule has 2 aromatic carbocycles. The van der Waals surface area contributed by atoms with Crippen LogP contribution in [-0.2, 0) is 0 Å². The smallest absolute Gasteiger partial charge is 0.231 e. The molecular formula is C22H25NO5. The van der Waals surface area contributed by atoms with Crippen LogP contribution in [0.25, 0.3) is 0 Å². The van der Waals surface area contributed by atoms with E-state index in [1.165, 1.54) is 6.92 Å². The predicted molar refractivity (Wildman–Crippen MR) is 109 cm³/mol. The minimum atomic E-state index is 0.0355. The van der Waals surface area contributed by atoms with Gasteiger partial charge in [-0.15, -0.1) is 0 Å². The number of methoxy groups -OCH3 is 2. The molecular weight excluding hydrogens is 358 g/mol. The third kappa shape index (κ3) is 5.13. The van der Waals surface area contributed by atoms with Gasteiger partial charge in [0.2, 0.25) is 6.79 Å². The lowest BCUT2D eigenvalue weighted by Gasteiger charge is -2.09. The number of hydrogen-bond acceptors (Lipinski definition) is 6. The number of ketones is 1. The summed E-state index contributed by atoms with van der Waals surface area (Å²) in [6, 6.07) is 10.9. The second kappa shape index (κ2) is 10.2. The average molecular weight is 383 g/mol. The van der Waals surface area contributed by atoms with Crippen LogP contribution in [0, 0.1) is 0 Å². The van der Waals surface area contributed by atoms with E-state index >= 15 is 0 Å². The van der Waals surface area contributed by atoms with E-state index in [1.807, 2.05) is 37.3 Å². The van der Waals surface area contributed by atoms with Gasteiger partial charge in [-0.3, -0.25) is 9.79 Å². The fourth-order valence-corrected chi connectivity index (χ4v) is 2.57. The lowest BCUT2D eigenvalue weighted by Crippen LogP contribution is -1.98. The van der Waals surface area contributed by atoms with Crippen molar-refractivity contribution in [1.82, 2.24) is 0 Å². The first kappa shape index (κ1) is 21.0. The molecule has 1 aliphatic heterocycles. The molecule has 0 amide bonds. The number of fused-ring (bicyclic) bond motifs is 1. The molecule has 0 aromatic heterocycles. The quantitative estimate of drug-likeness (QED) is 0.568. The van der Waals surface area contributed by atoms with Crippen LogP contribution in [0.2, 0.25) is 0 Å². The molecule has 148 valence electrons. The Morgan fingerprint density at radius 1 is 1.00 bits per heavy atom. The number of Topliss-reactive ketones (excluding diaryl/α,β-unsaturated/α-hetero) is 1. The van der Waals surface area contributed by atoms with E-state index < -0.39 is 0 Å². The SMILES string of the molecule is C/C=C\C(=NC)c1ccc(OC)c(OC)c1.CC(=O)c1ccc2c(c1)OCO2. The molecule has 1 heterocycles. The summed E-state index contributed by atoms with van der Waals surface area (Å²) in [5.74, 6) is 2.84. The van der Waals surface area contributed by atoms with Gasteiger partial charge in [-0.05, 0) is 56.3 Å². The molecule has 0 saturated carbocycles. The van der Waals surface area contributed by atoms with Crippen LogP contribution in [0.1, 0.15) is 29.8 Å². The summed E-state index contributed by atoms with van der Waals surface area (Å²) in [7, 11) is 5.02. The van der Waals surface area contributed by atoms with Gasteiger partial charge in [0.1, 0.15) is 0 Å². The summed E-state index contributed by atoms with van der Waals surface area (Å²) in [5.41, 5.74) is 2.58. The summed E-state index contributed by atoms with van der Waals surface area (Å²) in [6.07, 6.45) is 3.92. The number of allylic oxidation sites excluding steroid dienone is 2. The molecule has 6 heteroatoms. The second-order valence-electron chi connectivity index (χ2n) is 5.80. The van der Waals surface area contributed by atoms with Crippen LogP contribution in [0.5, 0.6) is 23.0 Å². The van der Waals surface area contributed by atoms with E-state index in [-0.39, 0.29) is 12.6 Å². The highest BCUT2D eigenvalue weighted by molar-refractivity contribution is 6.08. The van der Waals surface area contributed by atoms with Gasteiger partial charge in [0.05, 0.1) is 19.9 Å². The molecule has 0 atom stereocenters. The molecule has 6 nitrogen and oxygen atoms in total. The lowest BCUT2D eigenvalue weighted by atomic mass is 10.1. The zero-order chi connectivity index (χ0) is 20.5. The van der Waals surface area contributed by atoms with Crippen molar-refractivity contribution in [1.29, 1.82) is 0 Å². The molecule has 1 aliphatic rings. The van der Waals surface area contributed by atoms with Crippen molar-refractivity contribution in [2.75, 3.05) is 28.1 Å². The van der Waals surface area contributed by atoms with Crippen molar-refractivity contribution in [3.05, 3.63) is 59.7 Å². The number of benzene rings is 2. The number of ether oxygens (including phenoxy) is 4. The Morgan fingerprint density at radius 2 is 1.68 bits per heavy atom. The first-order valence-corrected chi connectivity index (χ1v) is 8.76. The number of rotatable bonds is 5. The fourth-order valence-electron chi connectivity index (χ4n) is 2.57. The van der Waals surface area contributed by atoms with Gasteiger partial charge in [-0.25, -0.2) is 0 Å². The molecule has 0 N–H and O–H groups in total. The maximum Gasteiger partial charge on any atom is 0.231 e. The van der Waals surface area contributed by atoms with E-state index in [9.17, 15) is 4.79 Å². The Hall–Kier alpha value is -3.28. The molecule has 0 aliphatic carbocycles. The van der Waals surface area contributed by atoms with Crippen molar-refractivity contribution in [2.24, 2.45) is 4.99 Å². The van der Waals surface area contributed by atoms with Crippen molar-refractivity contribution >= 4 is 11.5 Å². The normalized spacial score (nSPS) is 12.4. The summed E-state index contributed by atoms with van der Waals surface area (Å²) >= 11 is 0. The Bertz CT molecular complexity index is 886. The lowest BCUT2D eigenvalue weighted by molar-refractivity contribution is 0.101. The molecule has 0 bridgehead atoms. The molecule has 0 saturated heterocycles. The van der Waals surface area contributed by atoms with Gasteiger partial charge < -0.3 is 18.9 Å². The minimum absolute atomic E-state index is 0.0355. The van der Waals surface area contributed by atoms with E-state index in [4.69, 9.17) is 18.9 Å². The van der Waals surface area contributed by atoms with Gasteiger partial charge in [0.25, 0.3) is 0 Å². The van der Waals surface area contributed by atoms with Gasteiger partial charge in [0.15, 0.2) is 28.8 Å². The number of carbonyl (C=O) groups excluding carboxylic acids is 1. The van der Waals surface area contributed by atoms with E-state index in [0.717, 1.165) is 17.0 Å². The van der Waals surface area contributed by atoms with Crippen LogP contribution < -0.4 is 18.9 Å². The topological polar surface area (TPSA) is 66.4 Å². The molecule has 28 heavy (non-hydrogen) atoms. The summed E-state index contributed by atoms with van der Waals surface area (Å²) in [4.78, 5) is 15.2. The fraction of sp³-hybridized carbons (Fsp3) is 0.273. The Morgan fingerprint density at radius 3 is 2.29 bits per heavy atom. The molecule has 0 radical (unpaired) electrons. The second-order valence-corrected chi connectivity index (χ2v) is 5.80. The Kier molecular flexibility index (Phi) is 7.63. The minimum Gasteiger partial charge on any atom is -0.493 e. The van der Waals surface area contributed by atoms with Crippen LogP contribution in [0.15, 0.2) is 53.5 Å². The molecule has 0 fully saturated rings. The summed E-state index contributed by atoms with van der Waals surface area (Å²) < 4.78 is 20.6. The van der Waals surface area contributed by atoms with Gasteiger partial charge in [-0.1, -0.05) is 6.08 Å². The van der Waals surface area contributed by atoms with Crippen LogP contribution in [0.4, 0.5) is 0 Å². The van der Waals surface area contributed by atoms with Crippen molar-refractivity contribution < 1.29 is 23.7 Å². The third-order valence-corrected chi connectivity index (χ3v) is 4.02. The molecule has 3 rings (SSSR count). The number of carbonyl (C=O) groups is 1. The zero-order valence-corrected chi connectivity index (χ0v) is 16.8. The highest BCUT2D eigenvalue weighted by Gasteiger charge is 2.14. The van der Waals surface area contributed by atoms with Crippen LogP contribution in [0.3, 0.4) is 0 Å². The highest BCUT2D eigenvalue weighted by Crippen LogP contribution is 2.32.